The van der Waals surface area contributed by atoms with E-state index < -0.39 is 0 Å². The molecule has 3 fully saturated rings. The van der Waals surface area contributed by atoms with E-state index in [4.69, 9.17) is 0 Å². The number of hydrogen-bond donors (Lipinski definition) is 1. The van der Waals surface area contributed by atoms with Crippen molar-refractivity contribution in [3.8, 4) is 0 Å². The van der Waals surface area contributed by atoms with Gasteiger partial charge in [0.1, 0.15) is 0 Å². The van der Waals surface area contributed by atoms with Crippen LogP contribution in [-0.2, 0) is 10.2 Å². The van der Waals surface area contributed by atoms with Gasteiger partial charge >= 0.3 is 0 Å². The van der Waals surface area contributed by atoms with E-state index in [9.17, 15) is 4.79 Å². The Balaban J connectivity index is 0.00000169. The smallest absolute Gasteiger partial charge is 0.233 e. The van der Waals surface area contributed by atoms with E-state index in [1.807, 2.05) is 6.07 Å². The van der Waals surface area contributed by atoms with Crippen molar-refractivity contribution in [3.63, 3.8) is 0 Å². The lowest BCUT2D eigenvalue weighted by atomic mass is 9.74. The molecule has 1 amide bonds. The summed E-state index contributed by atoms with van der Waals surface area (Å²) in [5.74, 6) is 0.405. The summed E-state index contributed by atoms with van der Waals surface area (Å²) in [7, 11) is 0. The van der Waals surface area contributed by atoms with Crippen molar-refractivity contribution in [2.24, 2.45) is 5.41 Å². The number of nitrogens with one attached hydrogen (secondary N) is 1. The third-order valence-electron chi connectivity index (χ3n) is 6.64. The monoisotopic (exact) mass is 348 g/mol. The standard InChI is InChI=1S/C20H28N2O.ClH/c23-18(22-14-11-19(12-15-22)10-13-21-16-19)20(8-4-5-9-20)17-6-2-1-3-7-17;/h1-3,6-7,21H,4-5,8-16H2;1H. The minimum absolute atomic E-state index is 0. The second kappa shape index (κ2) is 7.05. The number of benzene rings is 1. The summed E-state index contributed by atoms with van der Waals surface area (Å²) in [4.78, 5) is 15.6. The molecule has 0 bridgehead atoms. The van der Waals surface area contributed by atoms with Gasteiger partial charge in [-0.15, -0.1) is 12.4 Å². The number of amides is 1. The molecule has 4 rings (SSSR count). The van der Waals surface area contributed by atoms with Gasteiger partial charge in [-0.05, 0) is 49.6 Å². The second-order valence-corrected chi connectivity index (χ2v) is 7.87. The lowest BCUT2D eigenvalue weighted by Crippen LogP contribution is -2.50. The van der Waals surface area contributed by atoms with Crippen molar-refractivity contribution >= 4 is 18.3 Å². The van der Waals surface area contributed by atoms with Crippen molar-refractivity contribution in [3.05, 3.63) is 35.9 Å². The molecule has 2 aliphatic heterocycles. The number of halogens is 1. The van der Waals surface area contributed by atoms with Crippen LogP contribution in [0.4, 0.5) is 0 Å². The maximum Gasteiger partial charge on any atom is 0.233 e. The third-order valence-corrected chi connectivity index (χ3v) is 6.64. The molecule has 132 valence electrons. The van der Waals surface area contributed by atoms with Crippen molar-refractivity contribution in [1.29, 1.82) is 0 Å². The van der Waals surface area contributed by atoms with Gasteiger partial charge in [0.05, 0.1) is 5.41 Å². The summed E-state index contributed by atoms with van der Waals surface area (Å²) in [6.07, 6.45) is 8.06. The maximum absolute atomic E-state index is 13.4. The van der Waals surface area contributed by atoms with Crippen molar-refractivity contribution in [1.82, 2.24) is 10.2 Å². The number of carbonyl (C=O) groups is 1. The Morgan fingerprint density at radius 1 is 0.958 bits per heavy atom. The average molecular weight is 349 g/mol. The number of rotatable bonds is 2. The molecular weight excluding hydrogens is 320 g/mol. The van der Waals surface area contributed by atoms with Crippen molar-refractivity contribution < 1.29 is 4.79 Å². The van der Waals surface area contributed by atoms with Crippen LogP contribution in [0.2, 0.25) is 0 Å². The Morgan fingerprint density at radius 2 is 1.62 bits per heavy atom. The van der Waals surface area contributed by atoms with Gasteiger partial charge in [0.15, 0.2) is 0 Å². The predicted molar refractivity (Wildman–Crippen MR) is 99.6 cm³/mol. The number of likely N-dealkylation sites (tertiary alicyclic amines) is 1. The average Bonchev–Trinajstić information content (AvgIpc) is 3.27. The minimum Gasteiger partial charge on any atom is -0.342 e. The van der Waals surface area contributed by atoms with E-state index in [2.05, 4.69) is 34.5 Å². The normalized spacial score (nSPS) is 24.8. The Labute approximate surface area is 151 Å². The van der Waals surface area contributed by atoms with E-state index in [1.54, 1.807) is 0 Å². The second-order valence-electron chi connectivity index (χ2n) is 7.87. The Hall–Kier alpha value is -1.06. The molecule has 1 aromatic carbocycles. The van der Waals surface area contributed by atoms with Gasteiger partial charge in [-0.2, -0.15) is 0 Å². The van der Waals surface area contributed by atoms with E-state index in [0.717, 1.165) is 39.0 Å². The SMILES string of the molecule is Cl.O=C(N1CCC2(CCNC2)CC1)C1(c2ccccc2)CCCC1. The molecule has 2 saturated heterocycles. The molecule has 1 saturated carbocycles. The third kappa shape index (κ3) is 2.97. The Kier molecular flexibility index (Phi) is 5.22. The van der Waals surface area contributed by atoms with Gasteiger partial charge in [-0.1, -0.05) is 43.2 Å². The van der Waals surface area contributed by atoms with Crippen LogP contribution in [0.1, 0.15) is 50.5 Å². The van der Waals surface area contributed by atoms with E-state index in [0.29, 0.717) is 11.3 Å². The summed E-state index contributed by atoms with van der Waals surface area (Å²) in [6.45, 7) is 4.21. The van der Waals surface area contributed by atoms with E-state index in [1.165, 1.54) is 37.7 Å². The highest BCUT2D eigenvalue weighted by molar-refractivity contribution is 5.88. The molecule has 2 heterocycles. The zero-order valence-electron chi connectivity index (χ0n) is 14.4. The molecule has 3 nitrogen and oxygen atoms in total. The minimum atomic E-state index is -0.236. The van der Waals surface area contributed by atoms with Crippen molar-refractivity contribution in [2.75, 3.05) is 26.2 Å². The van der Waals surface area contributed by atoms with E-state index in [-0.39, 0.29) is 17.8 Å². The first-order valence-corrected chi connectivity index (χ1v) is 9.30. The number of hydrogen-bond acceptors (Lipinski definition) is 2. The van der Waals surface area contributed by atoms with Gasteiger partial charge in [0.2, 0.25) is 5.91 Å². The zero-order valence-corrected chi connectivity index (χ0v) is 15.2. The van der Waals surface area contributed by atoms with Crippen LogP contribution in [0, 0.1) is 5.41 Å². The van der Waals surface area contributed by atoms with Crippen LogP contribution in [0.15, 0.2) is 30.3 Å². The quantitative estimate of drug-likeness (QED) is 0.886. The number of carbonyl (C=O) groups excluding carboxylic acids is 1. The fourth-order valence-electron chi connectivity index (χ4n) is 5.07. The van der Waals surface area contributed by atoms with Crippen LogP contribution < -0.4 is 5.32 Å². The number of nitrogens with zero attached hydrogens (tertiary/aromatic N) is 1. The molecule has 0 unspecified atom stereocenters. The maximum atomic E-state index is 13.4. The predicted octanol–water partition coefficient (Wildman–Crippen LogP) is 3.52. The molecule has 3 aliphatic rings. The first-order chi connectivity index (χ1) is 11.2. The largest absolute Gasteiger partial charge is 0.342 e. The van der Waals surface area contributed by atoms with Gasteiger partial charge in [-0.25, -0.2) is 0 Å². The fraction of sp³-hybridized carbons (Fsp3) is 0.650. The summed E-state index contributed by atoms with van der Waals surface area (Å²) >= 11 is 0. The van der Waals surface area contributed by atoms with Crippen LogP contribution in [0.3, 0.4) is 0 Å². The van der Waals surface area contributed by atoms with Crippen LogP contribution in [0.5, 0.6) is 0 Å². The molecule has 1 spiro atoms. The zero-order chi connectivity index (χ0) is 15.8. The molecular formula is C20H29ClN2O. The fourth-order valence-corrected chi connectivity index (χ4v) is 5.07. The highest BCUT2D eigenvalue weighted by Crippen LogP contribution is 2.44. The highest BCUT2D eigenvalue weighted by Gasteiger charge is 2.47. The molecule has 0 aromatic heterocycles. The molecule has 4 heteroatoms. The number of piperidine rings is 1. The summed E-state index contributed by atoms with van der Waals surface area (Å²) < 4.78 is 0. The van der Waals surface area contributed by atoms with Crippen LogP contribution >= 0.6 is 12.4 Å². The lowest BCUT2D eigenvalue weighted by molar-refractivity contribution is -0.139. The van der Waals surface area contributed by atoms with Gasteiger partial charge in [0, 0.05) is 19.6 Å². The first kappa shape index (κ1) is 17.8. The highest BCUT2D eigenvalue weighted by atomic mass is 35.5. The summed E-state index contributed by atoms with van der Waals surface area (Å²) in [5, 5.41) is 3.51. The molecule has 1 N–H and O–H groups in total. The van der Waals surface area contributed by atoms with Gasteiger partial charge in [-0.3, -0.25) is 4.79 Å². The molecule has 1 aliphatic carbocycles. The van der Waals surface area contributed by atoms with Crippen LogP contribution in [-0.4, -0.2) is 37.0 Å². The molecule has 1 aromatic rings. The van der Waals surface area contributed by atoms with Crippen LogP contribution in [0.25, 0.3) is 0 Å². The first-order valence-electron chi connectivity index (χ1n) is 9.30. The molecule has 24 heavy (non-hydrogen) atoms. The van der Waals surface area contributed by atoms with E-state index >= 15 is 0 Å². The van der Waals surface area contributed by atoms with Gasteiger partial charge in [0.25, 0.3) is 0 Å². The summed E-state index contributed by atoms with van der Waals surface area (Å²) in [6, 6.07) is 10.5. The van der Waals surface area contributed by atoms with Crippen molar-refractivity contribution in [2.45, 2.75) is 50.4 Å². The molecule has 0 radical (unpaired) electrons. The summed E-state index contributed by atoms with van der Waals surface area (Å²) in [5.41, 5.74) is 1.48. The lowest BCUT2D eigenvalue weighted by Gasteiger charge is -2.42. The van der Waals surface area contributed by atoms with Gasteiger partial charge < -0.3 is 10.2 Å². The Bertz CT molecular complexity index is 552. The molecule has 0 atom stereocenters. The topological polar surface area (TPSA) is 32.3 Å². The Morgan fingerprint density at radius 3 is 2.21 bits per heavy atom.